The monoisotopic (exact) mass is 330 g/mol. The maximum atomic E-state index is 12.6. The number of amides is 2. The average Bonchev–Trinajstić information content (AvgIpc) is 2.94. The van der Waals surface area contributed by atoms with E-state index < -0.39 is 0 Å². The maximum Gasteiger partial charge on any atom is 0.227 e. The third kappa shape index (κ3) is 3.55. The molecule has 1 aromatic rings. The summed E-state index contributed by atoms with van der Waals surface area (Å²) in [6.45, 7) is 2.17. The Morgan fingerprint density at radius 2 is 1.96 bits per heavy atom. The lowest BCUT2D eigenvalue weighted by atomic mass is 9.89. The van der Waals surface area contributed by atoms with Gasteiger partial charge in [-0.25, -0.2) is 0 Å². The molecule has 2 saturated heterocycles. The number of para-hydroxylation sites is 1. The van der Waals surface area contributed by atoms with Crippen molar-refractivity contribution in [3.05, 3.63) is 29.8 Å². The topological polar surface area (TPSA) is 49.9 Å². The summed E-state index contributed by atoms with van der Waals surface area (Å²) in [6.07, 6.45) is 3.40. The molecular formula is C19H26N2O3. The lowest BCUT2D eigenvalue weighted by Gasteiger charge is -2.33. The molecule has 2 fully saturated rings. The zero-order chi connectivity index (χ0) is 17.1. The van der Waals surface area contributed by atoms with Gasteiger partial charge < -0.3 is 14.5 Å². The number of carbonyl (C=O) groups is 2. The minimum absolute atomic E-state index is 0.0828. The van der Waals surface area contributed by atoms with E-state index in [1.54, 1.807) is 19.1 Å². The first-order valence-corrected chi connectivity index (χ1v) is 8.73. The Bertz CT molecular complexity index is 608. The molecule has 1 atom stereocenters. The first-order valence-electron chi connectivity index (χ1n) is 8.73. The molecule has 130 valence electrons. The molecule has 5 heteroatoms. The SMILES string of the molecule is COc1ccccc1CC1CCN(C(=O)[C@H]2CC(=O)N(C)C2)CC1. The number of piperidine rings is 1. The van der Waals surface area contributed by atoms with Gasteiger partial charge in [0.05, 0.1) is 13.0 Å². The second-order valence-electron chi connectivity index (χ2n) is 6.96. The molecule has 0 N–H and O–H groups in total. The highest BCUT2D eigenvalue weighted by Crippen LogP contribution is 2.28. The molecule has 2 aliphatic rings. The van der Waals surface area contributed by atoms with Crippen molar-refractivity contribution >= 4 is 11.8 Å². The molecule has 2 amide bonds. The van der Waals surface area contributed by atoms with E-state index in [1.807, 2.05) is 23.1 Å². The van der Waals surface area contributed by atoms with Crippen LogP contribution in [0.2, 0.25) is 0 Å². The summed E-state index contributed by atoms with van der Waals surface area (Å²) >= 11 is 0. The lowest BCUT2D eigenvalue weighted by molar-refractivity contribution is -0.137. The first kappa shape index (κ1) is 16.8. The third-order valence-corrected chi connectivity index (χ3v) is 5.32. The summed E-state index contributed by atoms with van der Waals surface area (Å²) < 4.78 is 5.43. The van der Waals surface area contributed by atoms with Gasteiger partial charge in [-0.3, -0.25) is 9.59 Å². The predicted octanol–water partition coefficient (Wildman–Crippen LogP) is 1.95. The van der Waals surface area contributed by atoms with Crippen LogP contribution in [-0.2, 0) is 16.0 Å². The van der Waals surface area contributed by atoms with Crippen molar-refractivity contribution in [2.75, 3.05) is 33.8 Å². The van der Waals surface area contributed by atoms with Crippen LogP contribution >= 0.6 is 0 Å². The molecule has 0 bridgehead atoms. The van der Waals surface area contributed by atoms with Crippen LogP contribution in [0.25, 0.3) is 0 Å². The highest BCUT2D eigenvalue weighted by atomic mass is 16.5. The van der Waals surface area contributed by atoms with Crippen LogP contribution in [0.4, 0.5) is 0 Å². The fourth-order valence-corrected chi connectivity index (χ4v) is 3.83. The summed E-state index contributed by atoms with van der Waals surface area (Å²) in [5, 5.41) is 0. The van der Waals surface area contributed by atoms with Gasteiger partial charge in [0, 0.05) is 33.1 Å². The number of rotatable bonds is 4. The van der Waals surface area contributed by atoms with Gasteiger partial charge in [0.2, 0.25) is 11.8 Å². The number of hydrogen-bond donors (Lipinski definition) is 0. The van der Waals surface area contributed by atoms with Crippen LogP contribution in [0.15, 0.2) is 24.3 Å². The number of benzene rings is 1. The van der Waals surface area contributed by atoms with Crippen LogP contribution < -0.4 is 4.74 Å². The van der Waals surface area contributed by atoms with Crippen molar-refractivity contribution in [3.8, 4) is 5.75 Å². The maximum absolute atomic E-state index is 12.6. The Morgan fingerprint density at radius 1 is 1.25 bits per heavy atom. The van der Waals surface area contributed by atoms with E-state index >= 15 is 0 Å². The molecular weight excluding hydrogens is 304 g/mol. The molecule has 0 aromatic heterocycles. The van der Waals surface area contributed by atoms with E-state index in [1.165, 1.54) is 5.56 Å². The molecule has 5 nitrogen and oxygen atoms in total. The Morgan fingerprint density at radius 3 is 2.58 bits per heavy atom. The predicted molar refractivity (Wildman–Crippen MR) is 91.7 cm³/mol. The normalized spacial score (nSPS) is 22.1. The van der Waals surface area contributed by atoms with Gasteiger partial charge in [0.15, 0.2) is 0 Å². The smallest absolute Gasteiger partial charge is 0.227 e. The number of nitrogens with zero attached hydrogens (tertiary/aromatic N) is 2. The van der Waals surface area contributed by atoms with Crippen LogP contribution in [-0.4, -0.2) is 55.4 Å². The second-order valence-corrected chi connectivity index (χ2v) is 6.96. The third-order valence-electron chi connectivity index (χ3n) is 5.32. The molecule has 1 aromatic carbocycles. The lowest BCUT2D eigenvalue weighted by Crippen LogP contribution is -2.42. The van der Waals surface area contributed by atoms with E-state index in [0.29, 0.717) is 18.9 Å². The van der Waals surface area contributed by atoms with Gasteiger partial charge in [-0.15, -0.1) is 0 Å². The quantitative estimate of drug-likeness (QED) is 0.848. The fraction of sp³-hybridized carbons (Fsp3) is 0.579. The number of likely N-dealkylation sites (tertiary alicyclic amines) is 2. The number of hydrogen-bond acceptors (Lipinski definition) is 3. The van der Waals surface area contributed by atoms with Crippen LogP contribution in [0.1, 0.15) is 24.8 Å². The summed E-state index contributed by atoms with van der Waals surface area (Å²) in [5.74, 6) is 1.62. The Balaban J connectivity index is 1.52. The van der Waals surface area contributed by atoms with Crippen molar-refractivity contribution in [1.29, 1.82) is 0 Å². The Hall–Kier alpha value is -2.04. The summed E-state index contributed by atoms with van der Waals surface area (Å²) in [4.78, 5) is 27.8. The average molecular weight is 330 g/mol. The van der Waals surface area contributed by atoms with E-state index in [0.717, 1.165) is 38.1 Å². The van der Waals surface area contributed by atoms with Crippen LogP contribution in [0.3, 0.4) is 0 Å². The molecule has 0 spiro atoms. The Labute approximate surface area is 143 Å². The number of methoxy groups -OCH3 is 1. The van der Waals surface area contributed by atoms with E-state index in [2.05, 4.69) is 6.07 Å². The molecule has 3 rings (SSSR count). The van der Waals surface area contributed by atoms with E-state index in [4.69, 9.17) is 4.74 Å². The van der Waals surface area contributed by atoms with Crippen molar-refractivity contribution in [1.82, 2.24) is 9.80 Å². The zero-order valence-electron chi connectivity index (χ0n) is 14.5. The molecule has 2 aliphatic heterocycles. The first-order chi connectivity index (χ1) is 11.6. The molecule has 24 heavy (non-hydrogen) atoms. The van der Waals surface area contributed by atoms with Crippen LogP contribution in [0, 0.1) is 11.8 Å². The molecule has 0 unspecified atom stereocenters. The van der Waals surface area contributed by atoms with E-state index in [-0.39, 0.29) is 17.7 Å². The van der Waals surface area contributed by atoms with Crippen molar-refractivity contribution in [2.45, 2.75) is 25.7 Å². The molecule has 0 saturated carbocycles. The second kappa shape index (κ2) is 7.24. The molecule has 0 aliphatic carbocycles. The van der Waals surface area contributed by atoms with Crippen molar-refractivity contribution in [2.24, 2.45) is 11.8 Å². The van der Waals surface area contributed by atoms with Gasteiger partial charge in [0.25, 0.3) is 0 Å². The van der Waals surface area contributed by atoms with Crippen molar-refractivity contribution in [3.63, 3.8) is 0 Å². The number of ether oxygens (including phenoxy) is 1. The zero-order valence-corrected chi connectivity index (χ0v) is 14.5. The standard InChI is InChI=1S/C19H26N2O3/c1-20-13-16(12-18(20)22)19(23)21-9-7-14(8-10-21)11-15-5-3-4-6-17(15)24-2/h3-6,14,16H,7-13H2,1-2H3/t16-/m0/s1. The van der Waals surface area contributed by atoms with Gasteiger partial charge >= 0.3 is 0 Å². The van der Waals surface area contributed by atoms with E-state index in [9.17, 15) is 9.59 Å². The molecule has 2 heterocycles. The summed E-state index contributed by atoms with van der Waals surface area (Å²) in [5.41, 5.74) is 1.24. The van der Waals surface area contributed by atoms with Gasteiger partial charge in [-0.1, -0.05) is 18.2 Å². The van der Waals surface area contributed by atoms with Gasteiger partial charge in [-0.2, -0.15) is 0 Å². The summed E-state index contributed by atoms with van der Waals surface area (Å²) in [7, 11) is 3.48. The largest absolute Gasteiger partial charge is 0.496 e. The van der Waals surface area contributed by atoms with Crippen LogP contribution in [0.5, 0.6) is 5.75 Å². The Kier molecular flexibility index (Phi) is 5.07. The highest BCUT2D eigenvalue weighted by molar-refractivity contribution is 5.89. The highest BCUT2D eigenvalue weighted by Gasteiger charge is 2.35. The number of carbonyl (C=O) groups excluding carboxylic acids is 2. The summed E-state index contributed by atoms with van der Waals surface area (Å²) in [6, 6.07) is 8.16. The van der Waals surface area contributed by atoms with Gasteiger partial charge in [-0.05, 0) is 36.8 Å². The molecule has 0 radical (unpaired) electrons. The van der Waals surface area contributed by atoms with Crippen molar-refractivity contribution < 1.29 is 14.3 Å². The van der Waals surface area contributed by atoms with Gasteiger partial charge in [0.1, 0.15) is 5.75 Å². The minimum Gasteiger partial charge on any atom is -0.496 e. The fourth-order valence-electron chi connectivity index (χ4n) is 3.83. The minimum atomic E-state index is -0.145.